The molecule has 0 aromatic heterocycles. The quantitative estimate of drug-likeness (QED) is 0.678. The third kappa shape index (κ3) is 5.61. The summed E-state index contributed by atoms with van der Waals surface area (Å²) >= 11 is 0. The average molecular weight is 200 g/mol. The molecule has 1 N–H and O–H groups in total. The van der Waals surface area contributed by atoms with Gasteiger partial charge in [-0.15, -0.1) is 0 Å². The van der Waals surface area contributed by atoms with E-state index in [1.165, 1.54) is 13.0 Å². The fourth-order valence-corrected chi connectivity index (χ4v) is 1.87. The molecular weight excluding hydrogens is 172 g/mol. The Bertz CT molecular complexity index is 134. The van der Waals surface area contributed by atoms with Gasteiger partial charge in [0.25, 0.3) is 0 Å². The highest BCUT2D eigenvalue weighted by Crippen LogP contribution is 2.09. The Labute approximate surface area is 90.1 Å². The molecule has 2 nitrogen and oxygen atoms in total. The van der Waals surface area contributed by atoms with Crippen LogP contribution in [0.2, 0.25) is 0 Å². The first-order valence-electron chi connectivity index (χ1n) is 5.87. The van der Waals surface area contributed by atoms with Gasteiger partial charge in [0.1, 0.15) is 0 Å². The van der Waals surface area contributed by atoms with Crippen LogP contribution in [0.4, 0.5) is 0 Å². The van der Waals surface area contributed by atoms with Crippen molar-refractivity contribution in [3.8, 4) is 0 Å². The zero-order chi connectivity index (χ0) is 11.1. The molecule has 0 bridgehead atoms. The van der Waals surface area contributed by atoms with Crippen LogP contribution < -0.4 is 5.32 Å². The highest BCUT2D eigenvalue weighted by molar-refractivity contribution is 4.74. The summed E-state index contributed by atoms with van der Waals surface area (Å²) in [6.45, 7) is 11.5. The highest BCUT2D eigenvalue weighted by Gasteiger charge is 2.15. The molecule has 14 heavy (non-hydrogen) atoms. The number of likely N-dealkylation sites (N-methyl/N-ethyl adjacent to an activating group) is 2. The standard InChI is InChI=1S/C12H28N2/c1-7-11(4)12(13-5)9-14(6)8-10(2)3/h10-13H,7-9H2,1-6H3. The van der Waals surface area contributed by atoms with Gasteiger partial charge in [-0.3, -0.25) is 0 Å². The van der Waals surface area contributed by atoms with Crippen LogP contribution in [0.15, 0.2) is 0 Å². The molecule has 86 valence electrons. The predicted molar refractivity (Wildman–Crippen MR) is 64.6 cm³/mol. The van der Waals surface area contributed by atoms with Crippen LogP contribution in [0.1, 0.15) is 34.1 Å². The van der Waals surface area contributed by atoms with Crippen LogP contribution >= 0.6 is 0 Å². The van der Waals surface area contributed by atoms with Gasteiger partial charge in [0.15, 0.2) is 0 Å². The molecule has 0 radical (unpaired) electrons. The molecule has 0 aromatic carbocycles. The van der Waals surface area contributed by atoms with E-state index in [4.69, 9.17) is 0 Å². The first-order valence-corrected chi connectivity index (χ1v) is 5.87. The number of rotatable bonds is 7. The van der Waals surface area contributed by atoms with E-state index >= 15 is 0 Å². The smallest absolute Gasteiger partial charge is 0.0217 e. The van der Waals surface area contributed by atoms with Crippen molar-refractivity contribution in [1.29, 1.82) is 0 Å². The summed E-state index contributed by atoms with van der Waals surface area (Å²) < 4.78 is 0. The van der Waals surface area contributed by atoms with E-state index < -0.39 is 0 Å². The van der Waals surface area contributed by atoms with Gasteiger partial charge in [-0.2, -0.15) is 0 Å². The molecule has 0 saturated heterocycles. The van der Waals surface area contributed by atoms with Crippen molar-refractivity contribution in [3.05, 3.63) is 0 Å². The maximum absolute atomic E-state index is 3.42. The molecule has 2 atom stereocenters. The largest absolute Gasteiger partial charge is 0.315 e. The summed E-state index contributed by atoms with van der Waals surface area (Å²) in [6, 6.07) is 0.628. The van der Waals surface area contributed by atoms with E-state index in [1.54, 1.807) is 0 Å². The maximum atomic E-state index is 3.42. The normalized spacial score (nSPS) is 16.3. The van der Waals surface area contributed by atoms with Gasteiger partial charge in [0.05, 0.1) is 0 Å². The van der Waals surface area contributed by atoms with Crippen molar-refractivity contribution in [3.63, 3.8) is 0 Å². The molecule has 0 aliphatic rings. The number of hydrogen-bond donors (Lipinski definition) is 1. The first kappa shape index (κ1) is 13.9. The average Bonchev–Trinajstić information content (AvgIpc) is 2.11. The molecule has 0 fully saturated rings. The molecule has 0 aliphatic carbocycles. The number of nitrogens with one attached hydrogen (secondary N) is 1. The Morgan fingerprint density at radius 1 is 1.14 bits per heavy atom. The van der Waals surface area contributed by atoms with Crippen LogP contribution in [0, 0.1) is 11.8 Å². The Morgan fingerprint density at radius 3 is 2.07 bits per heavy atom. The van der Waals surface area contributed by atoms with Crippen molar-refractivity contribution in [2.75, 3.05) is 27.2 Å². The molecule has 0 heterocycles. The van der Waals surface area contributed by atoms with Gasteiger partial charge in [-0.05, 0) is 25.9 Å². The van der Waals surface area contributed by atoms with Crippen molar-refractivity contribution < 1.29 is 0 Å². The van der Waals surface area contributed by atoms with E-state index in [0.717, 1.165) is 18.4 Å². The van der Waals surface area contributed by atoms with Gasteiger partial charge in [-0.1, -0.05) is 34.1 Å². The van der Waals surface area contributed by atoms with E-state index in [1.807, 2.05) is 0 Å². The highest BCUT2D eigenvalue weighted by atomic mass is 15.1. The van der Waals surface area contributed by atoms with Crippen LogP contribution in [0.25, 0.3) is 0 Å². The van der Waals surface area contributed by atoms with Gasteiger partial charge in [0, 0.05) is 19.1 Å². The molecule has 0 spiro atoms. The van der Waals surface area contributed by atoms with E-state index in [0.29, 0.717) is 6.04 Å². The first-order chi connectivity index (χ1) is 6.51. The molecule has 0 saturated carbocycles. The van der Waals surface area contributed by atoms with E-state index in [-0.39, 0.29) is 0 Å². The molecule has 2 heteroatoms. The van der Waals surface area contributed by atoms with Crippen molar-refractivity contribution in [2.24, 2.45) is 11.8 Å². The van der Waals surface area contributed by atoms with Crippen LogP contribution in [-0.2, 0) is 0 Å². The van der Waals surface area contributed by atoms with Crippen LogP contribution in [0.5, 0.6) is 0 Å². The Balaban J connectivity index is 3.91. The lowest BCUT2D eigenvalue weighted by Crippen LogP contribution is -2.42. The minimum Gasteiger partial charge on any atom is -0.315 e. The monoisotopic (exact) mass is 200 g/mol. The van der Waals surface area contributed by atoms with E-state index in [2.05, 4.69) is 52.0 Å². The molecule has 0 amide bonds. The summed E-state index contributed by atoms with van der Waals surface area (Å²) in [7, 11) is 4.28. The number of hydrogen-bond acceptors (Lipinski definition) is 2. The van der Waals surface area contributed by atoms with Gasteiger partial charge < -0.3 is 10.2 Å². The lowest BCUT2D eigenvalue weighted by molar-refractivity contribution is 0.232. The molecule has 0 aromatic rings. The second kappa shape index (κ2) is 7.24. The maximum Gasteiger partial charge on any atom is 0.0217 e. The fraction of sp³-hybridized carbons (Fsp3) is 1.00. The zero-order valence-corrected chi connectivity index (χ0v) is 10.8. The zero-order valence-electron chi connectivity index (χ0n) is 10.8. The number of nitrogens with zero attached hydrogens (tertiary/aromatic N) is 1. The molecule has 0 aliphatic heterocycles. The third-order valence-electron chi connectivity index (χ3n) is 2.89. The predicted octanol–water partition coefficient (Wildman–Crippen LogP) is 2.21. The lowest BCUT2D eigenvalue weighted by Gasteiger charge is -2.28. The minimum atomic E-state index is 0.628. The summed E-state index contributed by atoms with van der Waals surface area (Å²) in [5.41, 5.74) is 0. The minimum absolute atomic E-state index is 0.628. The van der Waals surface area contributed by atoms with Crippen LogP contribution in [0.3, 0.4) is 0 Å². The Hall–Kier alpha value is -0.0800. The van der Waals surface area contributed by atoms with Crippen LogP contribution in [-0.4, -0.2) is 38.1 Å². The third-order valence-corrected chi connectivity index (χ3v) is 2.89. The molecule has 2 unspecified atom stereocenters. The van der Waals surface area contributed by atoms with Crippen molar-refractivity contribution in [2.45, 2.75) is 40.2 Å². The van der Waals surface area contributed by atoms with Gasteiger partial charge >= 0.3 is 0 Å². The Kier molecular flexibility index (Phi) is 7.20. The molecule has 0 rings (SSSR count). The second-order valence-corrected chi connectivity index (χ2v) is 4.90. The van der Waals surface area contributed by atoms with Crippen molar-refractivity contribution >= 4 is 0 Å². The summed E-state index contributed by atoms with van der Waals surface area (Å²) in [5, 5.41) is 3.42. The van der Waals surface area contributed by atoms with Gasteiger partial charge in [0.2, 0.25) is 0 Å². The fourth-order valence-electron chi connectivity index (χ4n) is 1.87. The lowest BCUT2D eigenvalue weighted by atomic mass is 9.99. The van der Waals surface area contributed by atoms with E-state index in [9.17, 15) is 0 Å². The molecular formula is C12H28N2. The van der Waals surface area contributed by atoms with Crippen molar-refractivity contribution in [1.82, 2.24) is 10.2 Å². The summed E-state index contributed by atoms with van der Waals surface area (Å²) in [6.07, 6.45) is 1.25. The second-order valence-electron chi connectivity index (χ2n) is 4.90. The SMILES string of the molecule is CCC(C)C(CN(C)CC(C)C)NC. The topological polar surface area (TPSA) is 15.3 Å². The van der Waals surface area contributed by atoms with Gasteiger partial charge in [-0.25, -0.2) is 0 Å². The Morgan fingerprint density at radius 2 is 1.71 bits per heavy atom. The summed E-state index contributed by atoms with van der Waals surface area (Å²) in [5.74, 6) is 1.52. The summed E-state index contributed by atoms with van der Waals surface area (Å²) in [4.78, 5) is 2.43.